The highest BCUT2D eigenvalue weighted by Gasteiger charge is 2.17. The number of esters is 1. The molecule has 0 aliphatic carbocycles. The molecule has 0 bridgehead atoms. The molecule has 0 atom stereocenters. The van der Waals surface area contributed by atoms with Crippen LogP contribution in [-0.4, -0.2) is 31.6 Å². The highest BCUT2D eigenvalue weighted by atomic mass is 19.1. The highest BCUT2D eigenvalue weighted by Crippen LogP contribution is 2.19. The van der Waals surface area contributed by atoms with Crippen LogP contribution in [-0.2, 0) is 14.3 Å². The van der Waals surface area contributed by atoms with Crippen molar-refractivity contribution in [2.24, 2.45) is 0 Å². The summed E-state index contributed by atoms with van der Waals surface area (Å²) in [5.41, 5.74) is 2.45. The van der Waals surface area contributed by atoms with Crippen LogP contribution in [0.3, 0.4) is 0 Å². The van der Waals surface area contributed by atoms with Crippen molar-refractivity contribution in [1.29, 1.82) is 5.26 Å². The molecule has 0 saturated heterocycles. The molecule has 2 aromatic carbocycles. The van der Waals surface area contributed by atoms with Crippen molar-refractivity contribution >= 4 is 17.6 Å². The second-order valence-electron chi connectivity index (χ2n) is 6.46. The molecule has 0 fully saturated rings. The molecule has 0 unspecified atom stereocenters. The summed E-state index contributed by atoms with van der Waals surface area (Å²) in [6.45, 7) is 3.65. The van der Waals surface area contributed by atoms with Gasteiger partial charge in [-0.1, -0.05) is 12.1 Å². The number of anilines is 1. The second kappa shape index (κ2) is 10.8. The van der Waals surface area contributed by atoms with E-state index in [0.29, 0.717) is 11.4 Å². The van der Waals surface area contributed by atoms with Gasteiger partial charge >= 0.3 is 5.97 Å². The zero-order valence-corrected chi connectivity index (χ0v) is 16.5. The van der Waals surface area contributed by atoms with Gasteiger partial charge in [-0.05, 0) is 55.3 Å². The van der Waals surface area contributed by atoms with Crippen molar-refractivity contribution in [2.45, 2.75) is 26.7 Å². The maximum Gasteiger partial charge on any atom is 0.309 e. The third-order valence-corrected chi connectivity index (χ3v) is 4.15. The Labute approximate surface area is 169 Å². The van der Waals surface area contributed by atoms with Crippen LogP contribution >= 0.6 is 0 Å². The van der Waals surface area contributed by atoms with Crippen LogP contribution in [0, 0.1) is 31.0 Å². The van der Waals surface area contributed by atoms with Gasteiger partial charge in [-0.15, -0.1) is 0 Å². The van der Waals surface area contributed by atoms with Gasteiger partial charge in [0.1, 0.15) is 11.6 Å². The van der Waals surface area contributed by atoms with Crippen molar-refractivity contribution in [2.75, 3.05) is 24.7 Å². The van der Waals surface area contributed by atoms with Crippen molar-refractivity contribution in [3.05, 3.63) is 59.4 Å². The number of carbonyl (C=O) groups is 2. The number of rotatable bonds is 9. The smallest absolute Gasteiger partial charge is 0.309 e. The van der Waals surface area contributed by atoms with E-state index < -0.39 is 24.3 Å². The molecule has 1 amide bonds. The lowest BCUT2D eigenvalue weighted by atomic mass is 10.1. The van der Waals surface area contributed by atoms with E-state index in [1.54, 1.807) is 0 Å². The zero-order valence-electron chi connectivity index (χ0n) is 16.5. The van der Waals surface area contributed by atoms with Crippen molar-refractivity contribution in [3.63, 3.8) is 0 Å². The van der Waals surface area contributed by atoms with E-state index >= 15 is 0 Å². The van der Waals surface area contributed by atoms with Crippen LogP contribution in [0.15, 0.2) is 42.5 Å². The minimum atomic E-state index is -0.567. The molecule has 0 saturated carbocycles. The maximum absolute atomic E-state index is 13.1. The SMILES string of the molecule is Cc1ccc(C)c(OCCC(=O)OCC(=O)N(CCC#N)c2ccc(F)cc2)c1. The minimum absolute atomic E-state index is 0.00456. The Morgan fingerprint density at radius 2 is 1.86 bits per heavy atom. The van der Waals surface area contributed by atoms with E-state index in [-0.39, 0.29) is 26.0 Å². The summed E-state index contributed by atoms with van der Waals surface area (Å²) in [5, 5.41) is 8.79. The highest BCUT2D eigenvalue weighted by molar-refractivity contribution is 5.95. The number of aryl methyl sites for hydroxylation is 2. The molecule has 0 aromatic heterocycles. The van der Waals surface area contributed by atoms with Gasteiger partial charge in [-0.3, -0.25) is 9.59 Å². The lowest BCUT2D eigenvalue weighted by Crippen LogP contribution is -2.35. The first kappa shape index (κ1) is 21.9. The first-order valence-electron chi connectivity index (χ1n) is 9.19. The van der Waals surface area contributed by atoms with Gasteiger partial charge < -0.3 is 14.4 Å². The summed E-state index contributed by atoms with van der Waals surface area (Å²) in [6.07, 6.45) is 0.0934. The molecule has 2 aromatic rings. The Hall–Kier alpha value is -3.40. The van der Waals surface area contributed by atoms with E-state index in [9.17, 15) is 14.0 Å². The van der Waals surface area contributed by atoms with Gasteiger partial charge in [0.05, 0.1) is 25.5 Å². The molecule has 0 heterocycles. The molecular weight excluding hydrogens is 375 g/mol. The van der Waals surface area contributed by atoms with Crippen LogP contribution in [0.4, 0.5) is 10.1 Å². The van der Waals surface area contributed by atoms with E-state index in [1.807, 2.05) is 38.1 Å². The van der Waals surface area contributed by atoms with Crippen LogP contribution < -0.4 is 9.64 Å². The van der Waals surface area contributed by atoms with Gasteiger partial charge in [-0.25, -0.2) is 4.39 Å². The molecule has 6 nitrogen and oxygen atoms in total. The molecule has 0 aliphatic rings. The normalized spacial score (nSPS) is 10.1. The minimum Gasteiger partial charge on any atom is -0.493 e. The Balaban J connectivity index is 1.85. The Bertz CT molecular complexity index is 891. The van der Waals surface area contributed by atoms with Gasteiger partial charge in [0.15, 0.2) is 6.61 Å². The summed E-state index contributed by atoms with van der Waals surface area (Å²) >= 11 is 0. The first-order valence-corrected chi connectivity index (χ1v) is 9.19. The van der Waals surface area contributed by atoms with Crippen LogP contribution in [0.5, 0.6) is 5.75 Å². The van der Waals surface area contributed by atoms with E-state index in [4.69, 9.17) is 14.7 Å². The third kappa shape index (κ3) is 6.92. The zero-order chi connectivity index (χ0) is 21.2. The van der Waals surface area contributed by atoms with Crippen LogP contribution in [0.25, 0.3) is 0 Å². The second-order valence-corrected chi connectivity index (χ2v) is 6.46. The molecule has 2 rings (SSSR count). The summed E-state index contributed by atoms with van der Waals surface area (Å²) in [7, 11) is 0. The fourth-order valence-electron chi connectivity index (χ4n) is 2.58. The predicted molar refractivity (Wildman–Crippen MR) is 106 cm³/mol. The number of hydrogen-bond donors (Lipinski definition) is 0. The molecular formula is C22H23FN2O4. The van der Waals surface area contributed by atoms with Crippen molar-refractivity contribution < 1.29 is 23.5 Å². The average Bonchev–Trinajstić information content (AvgIpc) is 2.70. The predicted octanol–water partition coefficient (Wildman–Crippen LogP) is 3.70. The summed E-state index contributed by atoms with van der Waals surface area (Å²) in [5.74, 6) is -0.789. The Morgan fingerprint density at radius 3 is 2.55 bits per heavy atom. The fourth-order valence-corrected chi connectivity index (χ4v) is 2.58. The lowest BCUT2D eigenvalue weighted by molar-refractivity contribution is -0.148. The van der Waals surface area contributed by atoms with Crippen LogP contribution in [0.2, 0.25) is 0 Å². The first-order chi connectivity index (χ1) is 13.9. The van der Waals surface area contributed by atoms with Gasteiger partial charge in [0.2, 0.25) is 0 Å². The van der Waals surface area contributed by atoms with Crippen LogP contribution in [0.1, 0.15) is 24.0 Å². The molecule has 0 aliphatic heterocycles. The number of benzene rings is 2. The number of nitriles is 1. The number of halogens is 1. The van der Waals surface area contributed by atoms with Crippen molar-refractivity contribution in [1.82, 2.24) is 0 Å². The lowest BCUT2D eigenvalue weighted by Gasteiger charge is -2.21. The van der Waals surface area contributed by atoms with Gasteiger partial charge in [-0.2, -0.15) is 5.26 Å². The van der Waals surface area contributed by atoms with E-state index in [2.05, 4.69) is 0 Å². The average molecular weight is 398 g/mol. The van der Waals surface area contributed by atoms with Gasteiger partial charge in [0.25, 0.3) is 5.91 Å². The topological polar surface area (TPSA) is 79.6 Å². The number of hydrogen-bond acceptors (Lipinski definition) is 5. The monoisotopic (exact) mass is 398 g/mol. The summed E-state index contributed by atoms with van der Waals surface area (Å²) in [6, 6.07) is 13.1. The number of nitrogens with zero attached hydrogens (tertiary/aromatic N) is 2. The summed E-state index contributed by atoms with van der Waals surface area (Å²) in [4.78, 5) is 25.7. The molecule has 152 valence electrons. The standard InChI is InChI=1S/C22H23FN2O4/c1-16-4-5-17(2)20(14-16)28-13-10-22(27)29-15-21(26)25(12-3-11-24)19-8-6-18(23)7-9-19/h4-9,14H,3,10,12-13,15H2,1-2H3. The fraction of sp³-hybridized carbons (Fsp3) is 0.318. The van der Waals surface area contributed by atoms with Crippen molar-refractivity contribution in [3.8, 4) is 11.8 Å². The summed E-state index contributed by atoms with van der Waals surface area (Å²) < 4.78 is 23.8. The molecule has 0 spiro atoms. The Morgan fingerprint density at radius 1 is 1.14 bits per heavy atom. The largest absolute Gasteiger partial charge is 0.493 e. The number of carbonyl (C=O) groups excluding carboxylic acids is 2. The van der Waals surface area contributed by atoms with E-state index in [1.165, 1.54) is 29.2 Å². The Kier molecular flexibility index (Phi) is 8.16. The number of amides is 1. The number of ether oxygens (including phenoxy) is 2. The molecule has 0 N–H and O–H groups in total. The molecule has 29 heavy (non-hydrogen) atoms. The quantitative estimate of drug-likeness (QED) is 0.602. The van der Waals surface area contributed by atoms with Gasteiger partial charge in [0, 0.05) is 12.2 Å². The van der Waals surface area contributed by atoms with E-state index in [0.717, 1.165) is 11.1 Å². The maximum atomic E-state index is 13.1. The third-order valence-electron chi connectivity index (χ3n) is 4.15. The molecule has 7 heteroatoms. The molecule has 0 radical (unpaired) electrons.